The summed E-state index contributed by atoms with van der Waals surface area (Å²) in [6, 6.07) is 0. The summed E-state index contributed by atoms with van der Waals surface area (Å²) in [6.45, 7) is 14.7. The van der Waals surface area contributed by atoms with Crippen LogP contribution in [-0.4, -0.2) is 11.7 Å². The maximum Gasteiger partial charge on any atom is 0.0431 e. The van der Waals surface area contributed by atoms with Crippen molar-refractivity contribution in [3.63, 3.8) is 0 Å². The fraction of sp³-hybridized carbons (Fsp3) is 1.00. The van der Waals surface area contributed by atoms with Crippen LogP contribution in [0.3, 0.4) is 0 Å². The predicted octanol–water partition coefficient (Wildman–Crippen LogP) is 8.50. The summed E-state index contributed by atoms with van der Waals surface area (Å²) in [5.41, 5.74) is 1.15. The lowest BCUT2D eigenvalue weighted by molar-refractivity contribution is 0.0151. The average Bonchev–Trinajstić information content (AvgIpc) is 2.98. The quantitative estimate of drug-likeness (QED) is 0.478. The first kappa shape index (κ1) is 26.0. The van der Waals surface area contributed by atoms with Gasteiger partial charge in [-0.3, -0.25) is 0 Å². The van der Waals surface area contributed by atoms with Crippen molar-refractivity contribution in [2.24, 2.45) is 40.4 Å². The van der Waals surface area contributed by atoms with E-state index in [-0.39, 0.29) is 7.43 Å². The minimum absolute atomic E-state index is 0. The molecule has 0 aliphatic heterocycles. The molecule has 0 spiro atoms. The normalized spacial score (nSPS) is 37.8. The maximum atomic E-state index is 9.27. The molecule has 0 amide bonds. The fourth-order valence-electron chi connectivity index (χ4n) is 7.76. The molecule has 28 heavy (non-hydrogen) atoms. The first-order chi connectivity index (χ1) is 12.9. The maximum absolute atomic E-state index is 9.27. The Balaban J connectivity index is 0.00000127. The lowest BCUT2D eigenvalue weighted by atomic mass is 9.57. The highest BCUT2D eigenvalue weighted by atomic mass is 16.2. The van der Waals surface area contributed by atoms with Gasteiger partial charge in [-0.1, -0.05) is 74.7 Å². The summed E-state index contributed by atoms with van der Waals surface area (Å²) in [7, 11) is 0. The number of aliphatic hydroxyl groups is 1. The van der Waals surface area contributed by atoms with Crippen molar-refractivity contribution in [1.82, 2.24) is 0 Å². The standard InChI is InChI=1S/C24H44O.C2H6.CH4/c1-18(21-11-5-6-14-23(21,2)3)17-19-9-7-15-24(4)20(10-8-16-25)12-13-22(19)24;1-2;/h18-22,25H,5-17H2,1-4H3;1-2H3;1H4/t18-,19?,20?,21?,22?,24?;;/m0../s1. The van der Waals surface area contributed by atoms with E-state index in [9.17, 15) is 5.11 Å². The highest BCUT2D eigenvalue weighted by molar-refractivity contribution is 5.00. The Morgan fingerprint density at radius 1 is 0.929 bits per heavy atom. The van der Waals surface area contributed by atoms with E-state index in [1.54, 1.807) is 0 Å². The van der Waals surface area contributed by atoms with Crippen LogP contribution in [0.15, 0.2) is 0 Å². The van der Waals surface area contributed by atoms with Gasteiger partial charge in [-0.25, -0.2) is 0 Å². The van der Waals surface area contributed by atoms with Gasteiger partial charge in [0.2, 0.25) is 0 Å². The summed E-state index contributed by atoms with van der Waals surface area (Å²) >= 11 is 0. The van der Waals surface area contributed by atoms with Gasteiger partial charge in [0, 0.05) is 6.61 Å². The van der Waals surface area contributed by atoms with Gasteiger partial charge < -0.3 is 5.11 Å². The van der Waals surface area contributed by atoms with Crippen molar-refractivity contribution >= 4 is 0 Å². The number of rotatable bonds is 6. The Bertz CT molecular complexity index is 428. The van der Waals surface area contributed by atoms with E-state index in [0.717, 1.165) is 36.0 Å². The number of hydrogen-bond donors (Lipinski definition) is 1. The molecule has 1 nitrogen and oxygen atoms in total. The van der Waals surface area contributed by atoms with Gasteiger partial charge in [-0.15, -0.1) is 0 Å². The second-order valence-corrected chi connectivity index (χ2v) is 11.0. The van der Waals surface area contributed by atoms with Gasteiger partial charge in [0.15, 0.2) is 0 Å². The van der Waals surface area contributed by atoms with E-state index in [4.69, 9.17) is 0 Å². The van der Waals surface area contributed by atoms with Crippen molar-refractivity contribution in [3.05, 3.63) is 0 Å². The van der Waals surface area contributed by atoms with Gasteiger partial charge >= 0.3 is 0 Å². The number of aliphatic hydroxyl groups excluding tert-OH is 1. The topological polar surface area (TPSA) is 20.2 Å². The lowest BCUT2D eigenvalue weighted by Crippen LogP contribution is -2.39. The lowest BCUT2D eigenvalue weighted by Gasteiger charge is -2.48. The largest absolute Gasteiger partial charge is 0.396 e. The predicted molar refractivity (Wildman–Crippen MR) is 126 cm³/mol. The summed E-state index contributed by atoms with van der Waals surface area (Å²) < 4.78 is 0. The molecular formula is C27H54O. The van der Waals surface area contributed by atoms with Crippen molar-refractivity contribution in [3.8, 4) is 0 Å². The zero-order chi connectivity index (χ0) is 20.1. The zero-order valence-electron chi connectivity index (χ0n) is 19.5. The van der Waals surface area contributed by atoms with Crippen molar-refractivity contribution < 1.29 is 5.11 Å². The third-order valence-corrected chi connectivity index (χ3v) is 9.13. The molecule has 3 aliphatic rings. The molecule has 0 aromatic carbocycles. The second kappa shape index (κ2) is 11.4. The minimum atomic E-state index is 0. The van der Waals surface area contributed by atoms with E-state index in [1.807, 2.05) is 13.8 Å². The van der Waals surface area contributed by atoms with Crippen LogP contribution in [0.1, 0.15) is 126 Å². The first-order valence-corrected chi connectivity index (χ1v) is 12.5. The highest BCUT2D eigenvalue weighted by Gasteiger charge is 2.51. The summed E-state index contributed by atoms with van der Waals surface area (Å²) in [5.74, 6) is 4.68. The third kappa shape index (κ3) is 5.55. The molecule has 3 saturated carbocycles. The van der Waals surface area contributed by atoms with Crippen LogP contribution in [0.2, 0.25) is 0 Å². The van der Waals surface area contributed by atoms with Gasteiger partial charge in [0.05, 0.1) is 0 Å². The van der Waals surface area contributed by atoms with Crippen LogP contribution in [0.5, 0.6) is 0 Å². The van der Waals surface area contributed by atoms with Crippen molar-refractivity contribution in [2.75, 3.05) is 6.61 Å². The Morgan fingerprint density at radius 2 is 1.64 bits per heavy atom. The van der Waals surface area contributed by atoms with Crippen LogP contribution in [-0.2, 0) is 0 Å². The molecule has 6 atom stereocenters. The van der Waals surface area contributed by atoms with Crippen LogP contribution in [0.4, 0.5) is 0 Å². The average molecular weight is 395 g/mol. The zero-order valence-corrected chi connectivity index (χ0v) is 19.5. The van der Waals surface area contributed by atoms with E-state index < -0.39 is 0 Å². The molecule has 0 aromatic rings. The molecule has 0 radical (unpaired) electrons. The van der Waals surface area contributed by atoms with Gasteiger partial charge in [0.1, 0.15) is 0 Å². The Morgan fingerprint density at radius 3 is 2.29 bits per heavy atom. The smallest absolute Gasteiger partial charge is 0.0431 e. The van der Waals surface area contributed by atoms with Gasteiger partial charge in [-0.2, -0.15) is 0 Å². The molecular weight excluding hydrogens is 340 g/mol. The molecule has 3 rings (SSSR count). The third-order valence-electron chi connectivity index (χ3n) is 9.13. The fourth-order valence-corrected chi connectivity index (χ4v) is 7.76. The highest BCUT2D eigenvalue weighted by Crippen LogP contribution is 2.60. The van der Waals surface area contributed by atoms with E-state index in [1.165, 1.54) is 70.6 Å². The van der Waals surface area contributed by atoms with E-state index in [2.05, 4.69) is 27.7 Å². The minimum Gasteiger partial charge on any atom is -0.396 e. The molecule has 3 fully saturated rings. The number of hydrogen-bond acceptors (Lipinski definition) is 1. The van der Waals surface area contributed by atoms with Gasteiger partial charge in [-0.05, 0) is 91.8 Å². The molecule has 0 bridgehead atoms. The molecule has 1 N–H and O–H groups in total. The summed E-state index contributed by atoms with van der Waals surface area (Å²) in [6.07, 6.45) is 16.9. The Labute approximate surface area is 178 Å². The monoisotopic (exact) mass is 394 g/mol. The number of fused-ring (bicyclic) bond motifs is 1. The molecule has 0 aromatic heterocycles. The van der Waals surface area contributed by atoms with Crippen LogP contribution in [0.25, 0.3) is 0 Å². The molecule has 0 saturated heterocycles. The molecule has 1 heteroatoms. The molecule has 0 heterocycles. The van der Waals surface area contributed by atoms with Crippen molar-refractivity contribution in [2.45, 2.75) is 126 Å². The molecule has 3 aliphatic carbocycles. The Hall–Kier alpha value is -0.0400. The SMILES string of the molecule is C.CC.C[C@@H](CC1CCCC2(C)C(CCCO)CCC12)C1CCCCC1(C)C. The van der Waals surface area contributed by atoms with Gasteiger partial charge in [0.25, 0.3) is 0 Å². The van der Waals surface area contributed by atoms with E-state index in [0.29, 0.717) is 17.4 Å². The van der Waals surface area contributed by atoms with Crippen LogP contribution >= 0.6 is 0 Å². The van der Waals surface area contributed by atoms with E-state index >= 15 is 0 Å². The van der Waals surface area contributed by atoms with Crippen LogP contribution in [0, 0.1) is 40.4 Å². The second-order valence-electron chi connectivity index (χ2n) is 11.0. The Kier molecular flexibility index (Phi) is 10.6. The summed E-state index contributed by atoms with van der Waals surface area (Å²) in [4.78, 5) is 0. The molecule has 168 valence electrons. The van der Waals surface area contributed by atoms with Crippen molar-refractivity contribution in [1.29, 1.82) is 0 Å². The first-order valence-electron chi connectivity index (χ1n) is 12.5. The summed E-state index contributed by atoms with van der Waals surface area (Å²) in [5, 5.41) is 9.27. The van der Waals surface area contributed by atoms with Crippen LogP contribution < -0.4 is 0 Å². The molecule has 5 unspecified atom stereocenters.